The highest BCUT2D eigenvalue weighted by atomic mass is 127. The van der Waals surface area contributed by atoms with Gasteiger partial charge < -0.3 is 24.8 Å². The molecule has 1 aliphatic rings. The molecule has 0 saturated carbocycles. The lowest BCUT2D eigenvalue weighted by atomic mass is 10.1. The van der Waals surface area contributed by atoms with Crippen LogP contribution in [0.15, 0.2) is 40.7 Å². The Morgan fingerprint density at radius 1 is 1.25 bits per heavy atom. The molecule has 1 aromatic heterocycles. The maximum Gasteiger partial charge on any atom is 0.191 e. The molecule has 2 N–H and O–H groups in total. The van der Waals surface area contributed by atoms with Crippen molar-refractivity contribution >= 4 is 41.3 Å². The Balaban J connectivity index is 0.00000363. The molecule has 32 heavy (non-hydrogen) atoms. The van der Waals surface area contributed by atoms with Gasteiger partial charge in [-0.25, -0.2) is 0 Å². The summed E-state index contributed by atoms with van der Waals surface area (Å²) < 4.78 is 16.4. The summed E-state index contributed by atoms with van der Waals surface area (Å²) >= 11 is 1.80. The Hall–Kier alpha value is -1.56. The van der Waals surface area contributed by atoms with Crippen LogP contribution in [0.3, 0.4) is 0 Å². The summed E-state index contributed by atoms with van der Waals surface area (Å²) in [5.41, 5.74) is 1.18. The molecule has 2 heterocycles. The van der Waals surface area contributed by atoms with E-state index in [-0.39, 0.29) is 30.1 Å². The number of aliphatic imine (C=N–C) groups is 1. The van der Waals surface area contributed by atoms with E-state index < -0.39 is 0 Å². The number of methoxy groups -OCH3 is 2. The van der Waals surface area contributed by atoms with E-state index in [1.807, 2.05) is 19.2 Å². The molecule has 0 radical (unpaired) electrons. The van der Waals surface area contributed by atoms with Crippen LogP contribution in [0.5, 0.6) is 11.5 Å². The molecule has 1 aliphatic heterocycles. The minimum absolute atomic E-state index is 0. The standard InChI is InChI=1S/C23H34N4O3S.HI/c1-17-16-27(11-12-30-17)19(22-6-5-13-31-22)15-26-23(24-2)25-10-9-18-7-8-20(28-3)21(14-18)29-4;/h5-8,13-14,17,19H,9-12,15-16H2,1-4H3,(H2,24,25,26);1H. The largest absolute Gasteiger partial charge is 0.493 e. The van der Waals surface area contributed by atoms with Gasteiger partial charge in [-0.05, 0) is 42.5 Å². The lowest BCUT2D eigenvalue weighted by molar-refractivity contribution is -0.0334. The molecule has 0 spiro atoms. The number of benzene rings is 1. The van der Waals surface area contributed by atoms with Crippen molar-refractivity contribution in [1.82, 2.24) is 15.5 Å². The molecule has 1 fully saturated rings. The highest BCUT2D eigenvalue weighted by molar-refractivity contribution is 14.0. The monoisotopic (exact) mass is 574 g/mol. The first-order valence-corrected chi connectivity index (χ1v) is 11.6. The number of morpholine rings is 1. The summed E-state index contributed by atoms with van der Waals surface area (Å²) in [6, 6.07) is 10.7. The fourth-order valence-electron chi connectivity index (χ4n) is 3.79. The first-order chi connectivity index (χ1) is 15.1. The van der Waals surface area contributed by atoms with E-state index in [2.05, 4.69) is 51.0 Å². The lowest BCUT2D eigenvalue weighted by Crippen LogP contribution is -2.48. The van der Waals surface area contributed by atoms with Crippen molar-refractivity contribution in [2.45, 2.75) is 25.5 Å². The number of nitrogens with zero attached hydrogens (tertiary/aromatic N) is 2. The third-order valence-corrected chi connectivity index (χ3v) is 6.40. The Morgan fingerprint density at radius 3 is 2.72 bits per heavy atom. The SMILES string of the molecule is CN=C(NCCc1ccc(OC)c(OC)c1)NCC(c1cccs1)N1CCOC(C)C1.I. The van der Waals surface area contributed by atoms with Crippen LogP contribution < -0.4 is 20.1 Å². The lowest BCUT2D eigenvalue weighted by Gasteiger charge is -2.37. The fourth-order valence-corrected chi connectivity index (χ4v) is 4.66. The van der Waals surface area contributed by atoms with Crippen LogP contribution in [0.2, 0.25) is 0 Å². The average Bonchev–Trinajstić information content (AvgIpc) is 3.32. The van der Waals surface area contributed by atoms with Crippen LogP contribution in [0, 0.1) is 0 Å². The topological polar surface area (TPSA) is 67.4 Å². The van der Waals surface area contributed by atoms with E-state index in [0.29, 0.717) is 6.04 Å². The molecular formula is C23H35IN4O3S. The highest BCUT2D eigenvalue weighted by Crippen LogP contribution is 2.28. The molecule has 178 valence electrons. The third-order valence-electron chi connectivity index (χ3n) is 5.43. The molecule has 0 bridgehead atoms. The van der Waals surface area contributed by atoms with E-state index in [1.54, 1.807) is 25.6 Å². The van der Waals surface area contributed by atoms with Gasteiger partial charge >= 0.3 is 0 Å². The van der Waals surface area contributed by atoms with Crippen LogP contribution in [-0.2, 0) is 11.2 Å². The predicted molar refractivity (Wildman–Crippen MR) is 142 cm³/mol. The zero-order chi connectivity index (χ0) is 22.1. The average molecular weight is 575 g/mol. The summed E-state index contributed by atoms with van der Waals surface area (Å²) in [5.74, 6) is 2.30. The van der Waals surface area contributed by atoms with Crippen LogP contribution >= 0.6 is 35.3 Å². The Morgan fingerprint density at radius 2 is 2.06 bits per heavy atom. The first kappa shape index (κ1) is 26.7. The van der Waals surface area contributed by atoms with Crippen LogP contribution in [0.1, 0.15) is 23.4 Å². The number of thiophene rings is 1. The summed E-state index contributed by atoms with van der Waals surface area (Å²) in [4.78, 5) is 8.27. The van der Waals surface area contributed by atoms with Crippen LogP contribution in [0.25, 0.3) is 0 Å². The van der Waals surface area contributed by atoms with E-state index >= 15 is 0 Å². The van der Waals surface area contributed by atoms with Gasteiger partial charge in [0.05, 0.1) is 33.0 Å². The summed E-state index contributed by atoms with van der Waals surface area (Å²) in [6.07, 6.45) is 1.12. The number of guanidine groups is 1. The normalized spacial score (nSPS) is 17.9. The zero-order valence-electron chi connectivity index (χ0n) is 19.3. The molecule has 1 aromatic carbocycles. The number of hydrogen-bond donors (Lipinski definition) is 2. The first-order valence-electron chi connectivity index (χ1n) is 10.7. The van der Waals surface area contributed by atoms with Crippen molar-refractivity contribution in [2.75, 3.05) is 54.1 Å². The number of ether oxygens (including phenoxy) is 3. The molecule has 9 heteroatoms. The molecule has 3 rings (SSSR count). The minimum atomic E-state index is 0. The number of hydrogen-bond acceptors (Lipinski definition) is 6. The molecule has 2 aromatic rings. The second-order valence-corrected chi connectivity index (χ2v) is 8.51. The van der Waals surface area contributed by atoms with Crippen molar-refractivity contribution in [2.24, 2.45) is 4.99 Å². The van der Waals surface area contributed by atoms with Crippen molar-refractivity contribution in [3.8, 4) is 11.5 Å². The second kappa shape index (κ2) is 13.9. The summed E-state index contributed by atoms with van der Waals surface area (Å²) in [6.45, 7) is 6.37. The molecular weight excluding hydrogens is 539 g/mol. The van der Waals surface area contributed by atoms with E-state index in [4.69, 9.17) is 14.2 Å². The van der Waals surface area contributed by atoms with Gasteiger partial charge in [0, 0.05) is 38.1 Å². The van der Waals surface area contributed by atoms with Gasteiger partial charge in [-0.3, -0.25) is 9.89 Å². The van der Waals surface area contributed by atoms with Gasteiger partial charge in [0.25, 0.3) is 0 Å². The van der Waals surface area contributed by atoms with E-state index in [0.717, 1.165) is 56.7 Å². The van der Waals surface area contributed by atoms with Crippen molar-refractivity contribution in [3.63, 3.8) is 0 Å². The smallest absolute Gasteiger partial charge is 0.191 e. The maximum absolute atomic E-state index is 5.74. The fraction of sp³-hybridized carbons (Fsp3) is 0.522. The van der Waals surface area contributed by atoms with Crippen molar-refractivity contribution in [1.29, 1.82) is 0 Å². The molecule has 1 saturated heterocycles. The Bertz CT molecular complexity index is 835. The Labute approximate surface area is 212 Å². The predicted octanol–water partition coefficient (Wildman–Crippen LogP) is 3.55. The van der Waals surface area contributed by atoms with Gasteiger partial charge in [-0.2, -0.15) is 0 Å². The van der Waals surface area contributed by atoms with E-state index in [1.165, 1.54) is 10.4 Å². The van der Waals surface area contributed by atoms with Gasteiger partial charge in [-0.1, -0.05) is 12.1 Å². The van der Waals surface area contributed by atoms with Crippen LogP contribution in [-0.4, -0.2) is 71.0 Å². The van der Waals surface area contributed by atoms with E-state index in [9.17, 15) is 0 Å². The van der Waals surface area contributed by atoms with Crippen molar-refractivity contribution in [3.05, 3.63) is 46.2 Å². The third kappa shape index (κ3) is 7.50. The molecule has 2 atom stereocenters. The minimum Gasteiger partial charge on any atom is -0.493 e. The summed E-state index contributed by atoms with van der Waals surface area (Å²) in [7, 11) is 5.11. The quantitative estimate of drug-likeness (QED) is 0.272. The molecule has 0 amide bonds. The van der Waals surface area contributed by atoms with Gasteiger partial charge in [-0.15, -0.1) is 35.3 Å². The Kier molecular flexibility index (Phi) is 11.6. The summed E-state index contributed by atoms with van der Waals surface area (Å²) in [5, 5.41) is 9.08. The molecule has 7 nitrogen and oxygen atoms in total. The van der Waals surface area contributed by atoms with Crippen molar-refractivity contribution < 1.29 is 14.2 Å². The number of halogens is 1. The molecule has 2 unspecified atom stereocenters. The molecule has 0 aliphatic carbocycles. The van der Waals surface area contributed by atoms with Gasteiger partial charge in [0.15, 0.2) is 17.5 Å². The number of nitrogens with one attached hydrogen (secondary N) is 2. The van der Waals surface area contributed by atoms with Gasteiger partial charge in [0.2, 0.25) is 0 Å². The highest BCUT2D eigenvalue weighted by Gasteiger charge is 2.26. The number of rotatable bonds is 9. The maximum atomic E-state index is 5.74. The zero-order valence-corrected chi connectivity index (χ0v) is 22.4. The second-order valence-electron chi connectivity index (χ2n) is 7.53. The van der Waals surface area contributed by atoms with Crippen LogP contribution in [0.4, 0.5) is 0 Å². The van der Waals surface area contributed by atoms with Gasteiger partial charge in [0.1, 0.15) is 0 Å².